The van der Waals surface area contributed by atoms with Gasteiger partial charge in [0.15, 0.2) is 11.6 Å². The van der Waals surface area contributed by atoms with Gasteiger partial charge in [-0.15, -0.1) is 5.10 Å². The average Bonchev–Trinajstić information content (AvgIpc) is 3.23. The van der Waals surface area contributed by atoms with Crippen molar-refractivity contribution in [2.45, 2.75) is 13.0 Å². The van der Waals surface area contributed by atoms with Crippen LogP contribution < -0.4 is 0 Å². The Hall–Kier alpha value is -3.20. The maximum Gasteiger partial charge on any atom is 0.227 e. The van der Waals surface area contributed by atoms with Crippen molar-refractivity contribution in [2.24, 2.45) is 0 Å². The molecule has 2 aromatic carbocycles. The molecule has 1 heterocycles. The molecule has 9 heteroatoms. The van der Waals surface area contributed by atoms with Gasteiger partial charge in [0, 0.05) is 19.6 Å². The van der Waals surface area contributed by atoms with Crippen molar-refractivity contribution < 1.29 is 13.6 Å². The van der Waals surface area contributed by atoms with Gasteiger partial charge in [0.25, 0.3) is 0 Å². The molecule has 0 saturated carbocycles. The zero-order valence-corrected chi connectivity index (χ0v) is 16.3. The number of rotatable bonds is 8. The molecule has 0 atom stereocenters. The van der Waals surface area contributed by atoms with Crippen LogP contribution in [0.2, 0.25) is 0 Å². The van der Waals surface area contributed by atoms with Crippen LogP contribution in [-0.4, -0.2) is 63.1 Å². The Labute approximate surface area is 167 Å². The van der Waals surface area contributed by atoms with E-state index in [4.69, 9.17) is 0 Å². The van der Waals surface area contributed by atoms with Gasteiger partial charge < -0.3 is 9.80 Å². The average molecular weight is 400 g/mol. The first kappa shape index (κ1) is 20.5. The number of amides is 1. The second kappa shape index (κ2) is 9.33. The van der Waals surface area contributed by atoms with Gasteiger partial charge in [-0.2, -0.15) is 0 Å². The Kier molecular flexibility index (Phi) is 6.61. The number of aromatic nitrogens is 4. The first-order chi connectivity index (χ1) is 13.9. The Balaban J connectivity index is 1.70. The SMILES string of the molecule is CN(C)CCN(Cc1ccc(F)c(F)c1)C(=O)Cc1ccc(-n2cnnn2)cc1. The highest BCUT2D eigenvalue weighted by Crippen LogP contribution is 2.14. The van der Waals surface area contributed by atoms with Crippen LogP contribution in [-0.2, 0) is 17.8 Å². The molecule has 1 aromatic heterocycles. The minimum Gasteiger partial charge on any atom is -0.337 e. The van der Waals surface area contributed by atoms with Gasteiger partial charge in [-0.25, -0.2) is 13.5 Å². The van der Waals surface area contributed by atoms with E-state index in [0.717, 1.165) is 23.4 Å². The Morgan fingerprint density at radius 1 is 1.00 bits per heavy atom. The number of benzene rings is 2. The molecular weight excluding hydrogens is 378 g/mol. The Bertz CT molecular complexity index is 944. The summed E-state index contributed by atoms with van der Waals surface area (Å²) in [5.74, 6) is -1.91. The highest BCUT2D eigenvalue weighted by Gasteiger charge is 2.16. The van der Waals surface area contributed by atoms with Crippen LogP contribution in [0.1, 0.15) is 11.1 Å². The molecule has 29 heavy (non-hydrogen) atoms. The molecule has 0 radical (unpaired) electrons. The number of hydrogen-bond acceptors (Lipinski definition) is 5. The number of carbonyl (C=O) groups is 1. The molecule has 152 valence electrons. The number of carbonyl (C=O) groups excluding carboxylic acids is 1. The first-order valence-corrected chi connectivity index (χ1v) is 9.11. The minimum atomic E-state index is -0.916. The van der Waals surface area contributed by atoms with Crippen LogP contribution in [0.25, 0.3) is 5.69 Å². The third-order valence-corrected chi connectivity index (χ3v) is 4.43. The lowest BCUT2D eigenvalue weighted by Crippen LogP contribution is -2.37. The second-order valence-electron chi connectivity index (χ2n) is 6.96. The summed E-state index contributed by atoms with van der Waals surface area (Å²) in [4.78, 5) is 16.5. The maximum atomic E-state index is 13.5. The molecule has 0 spiro atoms. The molecule has 7 nitrogen and oxygen atoms in total. The summed E-state index contributed by atoms with van der Waals surface area (Å²) in [6.07, 6.45) is 1.69. The van der Waals surface area contributed by atoms with Crippen molar-refractivity contribution in [3.8, 4) is 5.69 Å². The van der Waals surface area contributed by atoms with Crippen molar-refractivity contribution in [3.05, 3.63) is 71.6 Å². The molecule has 3 rings (SSSR count). The van der Waals surface area contributed by atoms with Crippen molar-refractivity contribution in [3.63, 3.8) is 0 Å². The highest BCUT2D eigenvalue weighted by atomic mass is 19.2. The number of likely N-dealkylation sites (N-methyl/N-ethyl adjacent to an activating group) is 1. The van der Waals surface area contributed by atoms with E-state index in [0.29, 0.717) is 18.7 Å². The molecule has 0 N–H and O–H groups in total. The molecule has 0 aliphatic heterocycles. The van der Waals surface area contributed by atoms with Crippen molar-refractivity contribution in [1.82, 2.24) is 30.0 Å². The normalized spacial score (nSPS) is 11.1. The molecule has 0 saturated heterocycles. The van der Waals surface area contributed by atoms with E-state index < -0.39 is 11.6 Å². The minimum absolute atomic E-state index is 0.0910. The van der Waals surface area contributed by atoms with Crippen LogP contribution in [0.3, 0.4) is 0 Å². The van der Waals surface area contributed by atoms with Gasteiger partial charge in [-0.05, 0) is 59.9 Å². The Morgan fingerprint density at radius 2 is 1.72 bits per heavy atom. The number of nitrogens with zero attached hydrogens (tertiary/aromatic N) is 6. The smallest absolute Gasteiger partial charge is 0.227 e. The van der Waals surface area contributed by atoms with Crippen LogP contribution in [0.15, 0.2) is 48.8 Å². The maximum absolute atomic E-state index is 13.5. The fraction of sp³-hybridized carbons (Fsp3) is 0.300. The zero-order valence-electron chi connectivity index (χ0n) is 16.3. The van der Waals surface area contributed by atoms with Crippen molar-refractivity contribution >= 4 is 5.91 Å². The van der Waals surface area contributed by atoms with E-state index in [1.54, 1.807) is 4.90 Å². The molecule has 0 fully saturated rings. The van der Waals surface area contributed by atoms with Crippen LogP contribution >= 0.6 is 0 Å². The predicted octanol–water partition coefficient (Wildman–Crippen LogP) is 2.07. The first-order valence-electron chi connectivity index (χ1n) is 9.11. The van der Waals surface area contributed by atoms with Crippen LogP contribution in [0.5, 0.6) is 0 Å². The van der Waals surface area contributed by atoms with E-state index in [2.05, 4.69) is 15.5 Å². The third-order valence-electron chi connectivity index (χ3n) is 4.43. The molecule has 1 amide bonds. The zero-order chi connectivity index (χ0) is 20.8. The van der Waals surface area contributed by atoms with Gasteiger partial charge in [0.1, 0.15) is 6.33 Å². The fourth-order valence-electron chi connectivity index (χ4n) is 2.80. The predicted molar refractivity (Wildman–Crippen MR) is 103 cm³/mol. The number of tetrazole rings is 1. The fourth-order valence-corrected chi connectivity index (χ4v) is 2.80. The van der Waals surface area contributed by atoms with Crippen molar-refractivity contribution in [1.29, 1.82) is 0 Å². The summed E-state index contributed by atoms with van der Waals surface area (Å²) >= 11 is 0. The van der Waals surface area contributed by atoms with Gasteiger partial charge >= 0.3 is 0 Å². The quantitative estimate of drug-likeness (QED) is 0.579. The largest absolute Gasteiger partial charge is 0.337 e. The lowest BCUT2D eigenvalue weighted by Gasteiger charge is -2.25. The topological polar surface area (TPSA) is 67.2 Å². The molecule has 0 aliphatic rings. The molecule has 0 bridgehead atoms. The second-order valence-corrected chi connectivity index (χ2v) is 6.96. The van der Waals surface area contributed by atoms with Crippen LogP contribution in [0, 0.1) is 11.6 Å². The summed E-state index contributed by atoms with van der Waals surface area (Å²) in [6, 6.07) is 11.1. The Morgan fingerprint density at radius 3 is 2.34 bits per heavy atom. The lowest BCUT2D eigenvalue weighted by atomic mass is 10.1. The third kappa shape index (κ3) is 5.64. The summed E-state index contributed by atoms with van der Waals surface area (Å²) < 4.78 is 28.3. The van der Waals surface area contributed by atoms with Gasteiger partial charge in [-0.3, -0.25) is 4.79 Å². The molecule has 3 aromatic rings. The summed E-state index contributed by atoms with van der Waals surface area (Å²) in [6.45, 7) is 1.35. The van der Waals surface area contributed by atoms with E-state index >= 15 is 0 Å². The number of halogens is 2. The summed E-state index contributed by atoms with van der Waals surface area (Å²) in [5.41, 5.74) is 2.18. The summed E-state index contributed by atoms with van der Waals surface area (Å²) in [7, 11) is 3.83. The summed E-state index contributed by atoms with van der Waals surface area (Å²) in [5, 5.41) is 11.0. The van der Waals surface area contributed by atoms with E-state index in [1.807, 2.05) is 43.3 Å². The molecule has 0 aliphatic carbocycles. The van der Waals surface area contributed by atoms with Gasteiger partial charge in [0.2, 0.25) is 5.91 Å². The van der Waals surface area contributed by atoms with E-state index in [1.165, 1.54) is 17.1 Å². The molecular formula is C20H22F2N6O. The van der Waals surface area contributed by atoms with Crippen molar-refractivity contribution in [2.75, 3.05) is 27.2 Å². The van der Waals surface area contributed by atoms with Crippen LogP contribution in [0.4, 0.5) is 8.78 Å². The van der Waals surface area contributed by atoms with E-state index in [9.17, 15) is 13.6 Å². The number of hydrogen-bond donors (Lipinski definition) is 0. The molecule has 0 unspecified atom stereocenters. The highest BCUT2D eigenvalue weighted by molar-refractivity contribution is 5.78. The standard InChI is InChI=1S/C20H22F2N6O/c1-26(2)9-10-27(13-16-5-8-18(21)19(22)11-16)20(29)12-15-3-6-17(7-4-15)28-14-23-24-25-28/h3-8,11,14H,9-10,12-13H2,1-2H3. The monoisotopic (exact) mass is 400 g/mol. The van der Waals surface area contributed by atoms with E-state index in [-0.39, 0.29) is 18.9 Å². The lowest BCUT2D eigenvalue weighted by molar-refractivity contribution is -0.131. The van der Waals surface area contributed by atoms with Gasteiger partial charge in [-0.1, -0.05) is 18.2 Å². The van der Waals surface area contributed by atoms with Gasteiger partial charge in [0.05, 0.1) is 12.1 Å².